The second-order valence-corrected chi connectivity index (χ2v) is 5.53. The van der Waals surface area contributed by atoms with Gasteiger partial charge in [0.2, 0.25) is 0 Å². The normalized spacial score (nSPS) is 10.0. The van der Waals surface area contributed by atoms with Gasteiger partial charge in [-0.05, 0) is 30.3 Å². The van der Waals surface area contributed by atoms with Gasteiger partial charge in [0.25, 0.3) is 0 Å². The highest BCUT2D eigenvalue weighted by molar-refractivity contribution is 5.95. The van der Waals surface area contributed by atoms with E-state index < -0.39 is 0 Å². The van der Waals surface area contributed by atoms with Crippen LogP contribution >= 0.6 is 12.4 Å². The van der Waals surface area contributed by atoms with Gasteiger partial charge in [0.05, 0.1) is 11.0 Å². The van der Waals surface area contributed by atoms with Crippen molar-refractivity contribution in [3.63, 3.8) is 0 Å². The fraction of sp³-hybridized carbons (Fsp3) is 0.235. The lowest BCUT2D eigenvalue weighted by Crippen LogP contribution is -2.08. The molecule has 0 unspecified atom stereocenters. The SMILES string of the molecule is CN(C)c1ccc2cc3ccc(N(C)C)cc3nc2c1.Cl.O. The van der Waals surface area contributed by atoms with Crippen molar-refractivity contribution in [2.75, 3.05) is 38.0 Å². The molecular formula is C17H22ClN3O. The molecule has 0 aliphatic rings. The van der Waals surface area contributed by atoms with Crippen molar-refractivity contribution in [2.24, 2.45) is 0 Å². The largest absolute Gasteiger partial charge is 0.412 e. The fourth-order valence-electron chi connectivity index (χ4n) is 2.36. The highest BCUT2D eigenvalue weighted by Crippen LogP contribution is 2.25. The molecule has 0 aliphatic carbocycles. The molecule has 0 aliphatic heterocycles. The summed E-state index contributed by atoms with van der Waals surface area (Å²) in [5, 5.41) is 2.36. The summed E-state index contributed by atoms with van der Waals surface area (Å²) >= 11 is 0. The number of pyridine rings is 1. The summed E-state index contributed by atoms with van der Waals surface area (Å²) in [6.07, 6.45) is 0. The molecule has 1 aromatic heterocycles. The summed E-state index contributed by atoms with van der Waals surface area (Å²) in [5.74, 6) is 0. The maximum Gasteiger partial charge on any atom is 0.0730 e. The molecule has 2 aromatic carbocycles. The van der Waals surface area contributed by atoms with Crippen LogP contribution in [0.1, 0.15) is 0 Å². The number of aromatic nitrogens is 1. The van der Waals surface area contributed by atoms with E-state index in [-0.39, 0.29) is 17.9 Å². The van der Waals surface area contributed by atoms with Gasteiger partial charge in [-0.1, -0.05) is 12.1 Å². The van der Waals surface area contributed by atoms with Gasteiger partial charge in [-0.15, -0.1) is 12.4 Å². The van der Waals surface area contributed by atoms with Crippen LogP contribution in [0.15, 0.2) is 42.5 Å². The third-order valence-electron chi connectivity index (χ3n) is 3.61. The molecule has 2 N–H and O–H groups in total. The number of hydrogen-bond donors (Lipinski definition) is 0. The molecule has 5 heteroatoms. The van der Waals surface area contributed by atoms with Gasteiger partial charge < -0.3 is 15.3 Å². The minimum atomic E-state index is 0. The van der Waals surface area contributed by atoms with Crippen LogP contribution in [-0.2, 0) is 0 Å². The number of hydrogen-bond acceptors (Lipinski definition) is 3. The maximum atomic E-state index is 4.81. The first-order valence-electron chi connectivity index (χ1n) is 6.74. The van der Waals surface area contributed by atoms with E-state index in [0.29, 0.717) is 0 Å². The van der Waals surface area contributed by atoms with Gasteiger partial charge in [-0.3, -0.25) is 0 Å². The van der Waals surface area contributed by atoms with E-state index in [2.05, 4.69) is 52.3 Å². The highest BCUT2D eigenvalue weighted by Gasteiger charge is 2.04. The van der Waals surface area contributed by atoms with Gasteiger partial charge in [-0.2, -0.15) is 0 Å². The quantitative estimate of drug-likeness (QED) is 0.682. The average Bonchev–Trinajstić information content (AvgIpc) is 2.43. The number of rotatable bonds is 2. The Kier molecular flexibility index (Phi) is 5.58. The van der Waals surface area contributed by atoms with E-state index >= 15 is 0 Å². The Bertz CT molecular complexity index is 724. The Morgan fingerprint density at radius 3 is 1.45 bits per heavy atom. The molecule has 0 amide bonds. The summed E-state index contributed by atoms with van der Waals surface area (Å²) in [6, 6.07) is 15.0. The molecule has 0 fully saturated rings. The van der Waals surface area contributed by atoms with Crippen LogP contribution < -0.4 is 9.80 Å². The minimum absolute atomic E-state index is 0. The molecule has 0 saturated heterocycles. The van der Waals surface area contributed by atoms with Crippen LogP contribution in [0.3, 0.4) is 0 Å². The molecule has 0 spiro atoms. The lowest BCUT2D eigenvalue weighted by atomic mass is 10.1. The maximum absolute atomic E-state index is 4.81. The van der Waals surface area contributed by atoms with Crippen molar-refractivity contribution in [3.05, 3.63) is 42.5 Å². The van der Waals surface area contributed by atoms with Gasteiger partial charge in [-0.25, -0.2) is 4.98 Å². The molecule has 0 bridgehead atoms. The molecule has 118 valence electrons. The molecule has 1 heterocycles. The Labute approximate surface area is 137 Å². The first-order valence-corrected chi connectivity index (χ1v) is 6.74. The van der Waals surface area contributed by atoms with E-state index in [1.165, 1.54) is 22.1 Å². The zero-order valence-electron chi connectivity index (χ0n) is 13.3. The number of benzene rings is 2. The Hall–Kier alpha value is -2.04. The number of halogens is 1. The second kappa shape index (κ2) is 6.81. The lowest BCUT2D eigenvalue weighted by molar-refractivity contribution is 0.824. The first-order chi connectivity index (χ1) is 9.54. The van der Waals surface area contributed by atoms with Crippen LogP contribution in [0, 0.1) is 0 Å². The van der Waals surface area contributed by atoms with Crippen molar-refractivity contribution >= 4 is 45.6 Å². The van der Waals surface area contributed by atoms with E-state index in [1.54, 1.807) is 0 Å². The van der Waals surface area contributed by atoms with Crippen LogP contribution in [0.2, 0.25) is 0 Å². The molecule has 3 aromatic rings. The number of fused-ring (bicyclic) bond motifs is 2. The topological polar surface area (TPSA) is 50.9 Å². The average molecular weight is 320 g/mol. The molecule has 0 radical (unpaired) electrons. The zero-order chi connectivity index (χ0) is 14.3. The predicted octanol–water partition coefficient (Wildman–Crippen LogP) is 3.12. The molecule has 22 heavy (non-hydrogen) atoms. The summed E-state index contributed by atoms with van der Waals surface area (Å²) < 4.78 is 0. The van der Waals surface area contributed by atoms with Crippen LogP contribution in [-0.4, -0.2) is 38.7 Å². The summed E-state index contributed by atoms with van der Waals surface area (Å²) in [5.41, 5.74) is 4.43. The van der Waals surface area contributed by atoms with E-state index in [4.69, 9.17) is 4.98 Å². The van der Waals surface area contributed by atoms with Crippen molar-refractivity contribution < 1.29 is 5.48 Å². The lowest BCUT2D eigenvalue weighted by Gasteiger charge is -2.14. The van der Waals surface area contributed by atoms with Crippen molar-refractivity contribution in [3.8, 4) is 0 Å². The van der Waals surface area contributed by atoms with Crippen LogP contribution in [0.5, 0.6) is 0 Å². The molecule has 0 saturated carbocycles. The van der Waals surface area contributed by atoms with Crippen molar-refractivity contribution in [1.29, 1.82) is 0 Å². The standard InChI is InChI=1S/C17H19N3.ClH.H2O/c1-19(2)14-7-5-12-9-13-6-8-15(20(3)4)11-17(13)18-16(12)10-14;;/h5-11H,1-4H3;1H;1H2. The van der Waals surface area contributed by atoms with Gasteiger partial charge in [0.1, 0.15) is 0 Å². The molecule has 3 rings (SSSR count). The Morgan fingerprint density at radius 1 is 0.682 bits per heavy atom. The zero-order valence-corrected chi connectivity index (χ0v) is 14.1. The van der Waals surface area contributed by atoms with Gasteiger partial charge in [0.15, 0.2) is 0 Å². The van der Waals surface area contributed by atoms with Crippen LogP contribution in [0.25, 0.3) is 21.8 Å². The number of nitrogens with zero attached hydrogens (tertiary/aromatic N) is 3. The van der Waals surface area contributed by atoms with Gasteiger partial charge >= 0.3 is 0 Å². The van der Waals surface area contributed by atoms with Crippen molar-refractivity contribution in [1.82, 2.24) is 4.98 Å². The van der Waals surface area contributed by atoms with Gasteiger partial charge in [0, 0.05) is 50.3 Å². The highest BCUT2D eigenvalue weighted by atomic mass is 35.5. The number of anilines is 2. The van der Waals surface area contributed by atoms with Crippen LogP contribution in [0.4, 0.5) is 11.4 Å². The third kappa shape index (κ3) is 3.24. The minimum Gasteiger partial charge on any atom is -0.412 e. The van der Waals surface area contributed by atoms with Crippen molar-refractivity contribution in [2.45, 2.75) is 0 Å². The molecule has 4 nitrogen and oxygen atoms in total. The third-order valence-corrected chi connectivity index (χ3v) is 3.61. The predicted molar refractivity (Wildman–Crippen MR) is 98.8 cm³/mol. The Morgan fingerprint density at radius 2 is 1.09 bits per heavy atom. The van der Waals surface area contributed by atoms with E-state index in [0.717, 1.165) is 11.0 Å². The summed E-state index contributed by atoms with van der Waals surface area (Å²) in [7, 11) is 8.19. The molecular weight excluding hydrogens is 298 g/mol. The van der Waals surface area contributed by atoms with E-state index in [1.807, 2.05) is 28.2 Å². The molecule has 0 atom stereocenters. The monoisotopic (exact) mass is 319 g/mol. The first kappa shape index (κ1) is 18.0. The summed E-state index contributed by atoms with van der Waals surface area (Å²) in [4.78, 5) is 9.01. The smallest absolute Gasteiger partial charge is 0.0730 e. The Balaban J connectivity index is 0.00000121. The summed E-state index contributed by atoms with van der Waals surface area (Å²) in [6.45, 7) is 0. The second-order valence-electron chi connectivity index (χ2n) is 5.53. The van der Waals surface area contributed by atoms with E-state index in [9.17, 15) is 0 Å². The fourth-order valence-corrected chi connectivity index (χ4v) is 2.36.